The summed E-state index contributed by atoms with van der Waals surface area (Å²) in [6.45, 7) is 2.65. The molecule has 1 atom stereocenters. The highest BCUT2D eigenvalue weighted by atomic mass is 32.2. The molecular formula is C21H22N2O2S2. The van der Waals surface area contributed by atoms with Crippen LogP contribution in [0.4, 0.5) is 0 Å². The van der Waals surface area contributed by atoms with Crippen LogP contribution in [0.25, 0.3) is 20.8 Å². The molecule has 6 heteroatoms. The number of para-hydroxylation sites is 1. The van der Waals surface area contributed by atoms with Gasteiger partial charge in [-0.05, 0) is 42.5 Å². The van der Waals surface area contributed by atoms with Crippen LogP contribution >= 0.6 is 23.1 Å². The highest BCUT2D eigenvalue weighted by molar-refractivity contribution is 7.98. The topological polar surface area (TPSA) is 51.2 Å². The average Bonchev–Trinajstić information content (AvgIpc) is 3.27. The zero-order valence-corrected chi connectivity index (χ0v) is 17.1. The first kappa shape index (κ1) is 18.3. The highest BCUT2D eigenvalue weighted by Crippen LogP contribution is 2.42. The van der Waals surface area contributed by atoms with Crippen LogP contribution in [0.5, 0.6) is 5.75 Å². The van der Waals surface area contributed by atoms with E-state index in [1.807, 2.05) is 24.5 Å². The summed E-state index contributed by atoms with van der Waals surface area (Å²) in [5.74, 6) is 1.85. The van der Waals surface area contributed by atoms with Crippen LogP contribution in [0.1, 0.15) is 17.5 Å². The molecule has 1 aliphatic rings. The van der Waals surface area contributed by atoms with Crippen molar-refractivity contribution in [3.63, 3.8) is 0 Å². The van der Waals surface area contributed by atoms with Gasteiger partial charge in [0.1, 0.15) is 16.9 Å². The van der Waals surface area contributed by atoms with E-state index in [-0.39, 0.29) is 12.0 Å². The second-order valence-electron chi connectivity index (χ2n) is 6.78. The molecule has 1 aliphatic heterocycles. The fourth-order valence-electron chi connectivity index (χ4n) is 3.36. The Kier molecular flexibility index (Phi) is 5.36. The van der Waals surface area contributed by atoms with E-state index in [4.69, 9.17) is 9.72 Å². The van der Waals surface area contributed by atoms with Gasteiger partial charge in [-0.15, -0.1) is 11.3 Å². The van der Waals surface area contributed by atoms with Gasteiger partial charge in [-0.3, -0.25) is 4.79 Å². The fourth-order valence-corrected chi connectivity index (χ4v) is 4.73. The van der Waals surface area contributed by atoms with Crippen LogP contribution in [0.2, 0.25) is 0 Å². The molecular weight excluding hydrogens is 376 g/mol. The number of ether oxygens (including phenoxy) is 1. The van der Waals surface area contributed by atoms with Crippen molar-refractivity contribution in [1.29, 1.82) is 0 Å². The van der Waals surface area contributed by atoms with E-state index < -0.39 is 0 Å². The van der Waals surface area contributed by atoms with E-state index in [0.717, 1.165) is 34.0 Å². The Bertz CT molecular complexity index is 950. The number of thiazole rings is 1. The summed E-state index contributed by atoms with van der Waals surface area (Å²) in [4.78, 5) is 16.7. The highest BCUT2D eigenvalue weighted by Gasteiger charge is 2.27. The van der Waals surface area contributed by atoms with Crippen molar-refractivity contribution >= 4 is 39.2 Å². The van der Waals surface area contributed by atoms with Crippen molar-refractivity contribution in [3.8, 4) is 16.3 Å². The Morgan fingerprint density at radius 3 is 3.04 bits per heavy atom. The standard InChI is InChI=1S/C21H22N2O2S2/c1-13-9-14-11-15(12-22-19(24)7-8-26-2)25-20(14)16(10-13)21-23-17-5-3-4-6-18(17)27-21/h3-6,9-10,15H,7-8,11-12H2,1-2H3,(H,22,24)/t15-/m0/s1. The maximum absolute atomic E-state index is 11.9. The number of hydrogen-bond donors (Lipinski definition) is 1. The van der Waals surface area contributed by atoms with Crippen LogP contribution in [0, 0.1) is 6.92 Å². The van der Waals surface area contributed by atoms with Crippen molar-refractivity contribution in [2.75, 3.05) is 18.6 Å². The van der Waals surface area contributed by atoms with Gasteiger partial charge in [0.25, 0.3) is 0 Å². The zero-order valence-electron chi connectivity index (χ0n) is 15.5. The third-order valence-corrected chi connectivity index (χ3v) is 6.31. The molecule has 0 bridgehead atoms. The van der Waals surface area contributed by atoms with Crippen molar-refractivity contribution in [2.24, 2.45) is 0 Å². The lowest BCUT2D eigenvalue weighted by Crippen LogP contribution is -2.34. The average molecular weight is 399 g/mol. The molecule has 0 spiro atoms. The monoisotopic (exact) mass is 398 g/mol. The first-order chi connectivity index (χ1) is 13.1. The largest absolute Gasteiger partial charge is 0.487 e. The molecule has 2 aromatic carbocycles. The minimum absolute atomic E-state index is 0.0202. The molecule has 4 nitrogen and oxygen atoms in total. The number of thioether (sulfide) groups is 1. The summed E-state index contributed by atoms with van der Waals surface area (Å²) in [6.07, 6.45) is 3.36. The molecule has 1 amide bonds. The van der Waals surface area contributed by atoms with E-state index in [9.17, 15) is 4.79 Å². The van der Waals surface area contributed by atoms with Gasteiger partial charge < -0.3 is 10.1 Å². The molecule has 27 heavy (non-hydrogen) atoms. The number of rotatable bonds is 6. The fraction of sp³-hybridized carbons (Fsp3) is 0.333. The number of hydrogen-bond acceptors (Lipinski definition) is 5. The third-order valence-electron chi connectivity index (χ3n) is 4.63. The van der Waals surface area contributed by atoms with Gasteiger partial charge in [-0.25, -0.2) is 4.98 Å². The Labute approximate surface area is 167 Å². The third kappa shape index (κ3) is 3.96. The molecule has 0 saturated carbocycles. The Morgan fingerprint density at radius 1 is 1.37 bits per heavy atom. The van der Waals surface area contributed by atoms with Crippen molar-refractivity contribution in [1.82, 2.24) is 10.3 Å². The number of carbonyl (C=O) groups excluding carboxylic acids is 1. The van der Waals surface area contributed by atoms with Crippen molar-refractivity contribution in [2.45, 2.75) is 25.9 Å². The number of nitrogens with one attached hydrogen (secondary N) is 1. The van der Waals surface area contributed by atoms with E-state index in [1.165, 1.54) is 15.8 Å². The lowest BCUT2D eigenvalue weighted by molar-refractivity contribution is -0.121. The number of carbonyl (C=O) groups is 1. The SMILES string of the molecule is CSCCC(=O)NC[C@@H]1Cc2cc(C)cc(-c3nc4ccccc4s3)c2O1. The number of fused-ring (bicyclic) bond motifs is 2. The van der Waals surface area contributed by atoms with Crippen LogP contribution in [-0.2, 0) is 11.2 Å². The van der Waals surface area contributed by atoms with E-state index in [0.29, 0.717) is 13.0 Å². The van der Waals surface area contributed by atoms with Gasteiger partial charge in [-0.2, -0.15) is 11.8 Å². The molecule has 0 aliphatic carbocycles. The van der Waals surface area contributed by atoms with Gasteiger partial charge >= 0.3 is 0 Å². The van der Waals surface area contributed by atoms with E-state index in [1.54, 1.807) is 23.1 Å². The number of benzene rings is 2. The van der Waals surface area contributed by atoms with Crippen LogP contribution < -0.4 is 10.1 Å². The Balaban J connectivity index is 1.55. The lowest BCUT2D eigenvalue weighted by atomic mass is 10.0. The van der Waals surface area contributed by atoms with Gasteiger partial charge in [0.2, 0.25) is 5.91 Å². The minimum atomic E-state index is -0.0202. The second-order valence-corrected chi connectivity index (χ2v) is 8.79. The van der Waals surface area contributed by atoms with Gasteiger partial charge in [0.05, 0.1) is 22.3 Å². The van der Waals surface area contributed by atoms with Gasteiger partial charge in [0.15, 0.2) is 0 Å². The molecule has 0 saturated heterocycles. The summed E-state index contributed by atoms with van der Waals surface area (Å²) in [6, 6.07) is 12.5. The minimum Gasteiger partial charge on any atom is -0.487 e. The number of nitrogens with zero attached hydrogens (tertiary/aromatic N) is 1. The Morgan fingerprint density at radius 2 is 2.22 bits per heavy atom. The molecule has 1 aromatic heterocycles. The number of aryl methyl sites for hydroxylation is 1. The normalized spacial score (nSPS) is 15.6. The maximum atomic E-state index is 11.9. The first-order valence-corrected chi connectivity index (χ1v) is 11.3. The van der Waals surface area contributed by atoms with Gasteiger partial charge in [0, 0.05) is 18.6 Å². The maximum Gasteiger partial charge on any atom is 0.220 e. The smallest absolute Gasteiger partial charge is 0.220 e. The van der Waals surface area contributed by atoms with Crippen LogP contribution in [0.15, 0.2) is 36.4 Å². The molecule has 140 valence electrons. The second kappa shape index (κ2) is 7.90. The molecule has 4 rings (SSSR count). The summed E-state index contributed by atoms with van der Waals surface area (Å²) in [5.41, 5.74) is 4.48. The molecule has 1 N–H and O–H groups in total. The number of aromatic nitrogens is 1. The molecule has 0 unspecified atom stereocenters. The number of amides is 1. The van der Waals surface area contributed by atoms with Crippen LogP contribution in [-0.4, -0.2) is 35.5 Å². The zero-order chi connectivity index (χ0) is 18.8. The predicted octanol–water partition coefficient (Wildman–Crippen LogP) is 4.44. The predicted molar refractivity (Wildman–Crippen MR) is 114 cm³/mol. The molecule has 0 radical (unpaired) electrons. The summed E-state index contributed by atoms with van der Waals surface area (Å²) >= 11 is 3.37. The van der Waals surface area contributed by atoms with Gasteiger partial charge in [-0.1, -0.05) is 18.2 Å². The Hall–Kier alpha value is -2.05. The van der Waals surface area contributed by atoms with E-state index >= 15 is 0 Å². The molecule has 2 heterocycles. The summed E-state index contributed by atoms with van der Waals surface area (Å²) < 4.78 is 7.42. The lowest BCUT2D eigenvalue weighted by Gasteiger charge is -2.13. The molecule has 3 aromatic rings. The van der Waals surface area contributed by atoms with Crippen molar-refractivity contribution < 1.29 is 9.53 Å². The first-order valence-electron chi connectivity index (χ1n) is 9.06. The van der Waals surface area contributed by atoms with Crippen molar-refractivity contribution in [3.05, 3.63) is 47.5 Å². The summed E-state index contributed by atoms with van der Waals surface area (Å²) in [7, 11) is 0. The quantitative estimate of drug-likeness (QED) is 0.667. The molecule has 0 fully saturated rings. The van der Waals surface area contributed by atoms with E-state index in [2.05, 4.69) is 30.4 Å². The summed E-state index contributed by atoms with van der Waals surface area (Å²) in [5, 5.41) is 3.99. The van der Waals surface area contributed by atoms with Crippen LogP contribution in [0.3, 0.4) is 0 Å².